The third-order valence-electron chi connectivity index (χ3n) is 4.32. The molecule has 0 unspecified atom stereocenters. The second-order valence-corrected chi connectivity index (χ2v) is 9.14. The van der Waals surface area contributed by atoms with Gasteiger partial charge < -0.3 is 4.74 Å². The van der Waals surface area contributed by atoms with Gasteiger partial charge in [-0.2, -0.15) is 5.10 Å². The smallest absolute Gasteiger partial charge is 0.264 e. The summed E-state index contributed by atoms with van der Waals surface area (Å²) in [6.45, 7) is -0.518. The monoisotopic (exact) mass is 491 g/mol. The Labute approximate surface area is 196 Å². The molecule has 0 atom stereocenters. The molecule has 0 aliphatic heterocycles. The standard InChI is InChI=1S/C22H19Cl2N3O4S/c1-31-21-10-6-5-9-20(21)27(32(29,30)17-7-3-2-4-8-17)15-22(28)26-25-14-16-11-12-18(23)19(24)13-16/h2-14H,15H2,1H3,(H,26,28)/b25-14-. The predicted molar refractivity (Wildman–Crippen MR) is 126 cm³/mol. The highest BCUT2D eigenvalue weighted by molar-refractivity contribution is 7.92. The predicted octanol–water partition coefficient (Wildman–Crippen LogP) is 4.35. The number of hydrogen-bond acceptors (Lipinski definition) is 5. The van der Waals surface area contributed by atoms with E-state index in [9.17, 15) is 13.2 Å². The average Bonchev–Trinajstić information content (AvgIpc) is 2.80. The summed E-state index contributed by atoms with van der Waals surface area (Å²) in [4.78, 5) is 12.6. The van der Waals surface area contributed by atoms with Gasteiger partial charge in [0.15, 0.2) is 0 Å². The van der Waals surface area contributed by atoms with E-state index in [4.69, 9.17) is 27.9 Å². The normalized spacial score (nSPS) is 11.3. The van der Waals surface area contributed by atoms with Crippen LogP contribution in [-0.2, 0) is 14.8 Å². The van der Waals surface area contributed by atoms with E-state index in [1.807, 2.05) is 0 Å². The van der Waals surface area contributed by atoms with E-state index in [0.717, 1.165) is 4.31 Å². The zero-order valence-electron chi connectivity index (χ0n) is 16.9. The van der Waals surface area contributed by atoms with Crippen LogP contribution < -0.4 is 14.5 Å². The minimum Gasteiger partial charge on any atom is -0.495 e. The van der Waals surface area contributed by atoms with Gasteiger partial charge in [0, 0.05) is 0 Å². The number of anilines is 1. The van der Waals surface area contributed by atoms with Crippen LogP contribution in [0.5, 0.6) is 5.75 Å². The lowest BCUT2D eigenvalue weighted by atomic mass is 10.2. The van der Waals surface area contributed by atoms with Gasteiger partial charge in [-0.15, -0.1) is 0 Å². The molecular formula is C22H19Cl2N3O4S. The van der Waals surface area contributed by atoms with Gasteiger partial charge in [-0.05, 0) is 42.0 Å². The molecular weight excluding hydrogens is 473 g/mol. The number of amides is 1. The summed E-state index contributed by atoms with van der Waals surface area (Å²) in [6, 6.07) is 19.2. The third-order valence-corrected chi connectivity index (χ3v) is 6.83. The molecule has 0 fully saturated rings. The molecule has 0 spiro atoms. The second-order valence-electron chi connectivity index (χ2n) is 6.46. The number of methoxy groups -OCH3 is 1. The molecule has 1 N–H and O–H groups in total. The lowest BCUT2D eigenvalue weighted by Gasteiger charge is -2.25. The molecule has 0 bridgehead atoms. The quantitative estimate of drug-likeness (QED) is 0.374. The van der Waals surface area contributed by atoms with Crippen LogP contribution in [0.4, 0.5) is 5.69 Å². The largest absolute Gasteiger partial charge is 0.495 e. The fourth-order valence-corrected chi connectivity index (χ4v) is 4.55. The first kappa shape index (κ1) is 23.6. The summed E-state index contributed by atoms with van der Waals surface area (Å²) in [5, 5.41) is 4.62. The number of benzene rings is 3. The topological polar surface area (TPSA) is 88.1 Å². The molecule has 0 aliphatic carbocycles. The molecule has 0 saturated heterocycles. The van der Waals surface area contributed by atoms with Crippen LogP contribution in [0.25, 0.3) is 0 Å². The number of hydrogen-bond donors (Lipinski definition) is 1. The molecule has 3 aromatic carbocycles. The molecule has 0 aromatic heterocycles. The maximum Gasteiger partial charge on any atom is 0.264 e. The van der Waals surface area contributed by atoms with Crippen molar-refractivity contribution in [1.82, 2.24) is 5.43 Å². The Morgan fingerprint density at radius 1 is 1.03 bits per heavy atom. The second kappa shape index (κ2) is 10.5. The van der Waals surface area contributed by atoms with Gasteiger partial charge in [0.25, 0.3) is 15.9 Å². The molecule has 7 nitrogen and oxygen atoms in total. The van der Waals surface area contributed by atoms with Gasteiger partial charge in [0.05, 0.1) is 34.0 Å². The van der Waals surface area contributed by atoms with Crippen molar-refractivity contribution in [1.29, 1.82) is 0 Å². The molecule has 0 radical (unpaired) electrons. The minimum atomic E-state index is -4.06. The van der Waals surface area contributed by atoms with E-state index in [2.05, 4.69) is 10.5 Å². The number of nitrogens with zero attached hydrogens (tertiary/aromatic N) is 2. The SMILES string of the molecule is COc1ccccc1N(CC(=O)N/N=C\c1ccc(Cl)c(Cl)c1)S(=O)(=O)c1ccccc1. The fraction of sp³-hybridized carbons (Fsp3) is 0.0909. The van der Waals surface area contributed by atoms with E-state index in [-0.39, 0.29) is 10.6 Å². The Balaban J connectivity index is 1.86. The van der Waals surface area contributed by atoms with Gasteiger partial charge in [0.2, 0.25) is 0 Å². The summed E-state index contributed by atoms with van der Waals surface area (Å²) in [6.07, 6.45) is 1.37. The van der Waals surface area contributed by atoms with Gasteiger partial charge in [-0.25, -0.2) is 13.8 Å². The van der Waals surface area contributed by atoms with Gasteiger partial charge in [0.1, 0.15) is 12.3 Å². The fourth-order valence-electron chi connectivity index (χ4n) is 2.79. The Bertz CT molecular complexity index is 1230. The molecule has 0 aliphatic rings. The van der Waals surface area contributed by atoms with Crippen molar-refractivity contribution in [2.45, 2.75) is 4.90 Å². The van der Waals surface area contributed by atoms with Crippen molar-refractivity contribution in [3.63, 3.8) is 0 Å². The Hall–Kier alpha value is -3.07. The molecule has 32 heavy (non-hydrogen) atoms. The maximum absolute atomic E-state index is 13.3. The molecule has 166 valence electrons. The summed E-state index contributed by atoms with van der Waals surface area (Å²) >= 11 is 11.8. The number of nitrogens with one attached hydrogen (secondary N) is 1. The van der Waals surface area contributed by atoms with Gasteiger partial charge in [-0.1, -0.05) is 59.6 Å². The summed E-state index contributed by atoms with van der Waals surface area (Å²) in [7, 11) is -2.64. The number of halogens is 2. The molecule has 3 rings (SSSR count). The van der Waals surface area contributed by atoms with Crippen LogP contribution in [-0.4, -0.2) is 34.2 Å². The van der Waals surface area contributed by atoms with Crippen molar-refractivity contribution < 1.29 is 17.9 Å². The van der Waals surface area contributed by atoms with Crippen LogP contribution in [0.3, 0.4) is 0 Å². The first-order chi connectivity index (χ1) is 15.3. The average molecular weight is 492 g/mol. The number of ether oxygens (including phenoxy) is 1. The van der Waals surface area contributed by atoms with E-state index in [1.54, 1.807) is 60.7 Å². The number of sulfonamides is 1. The Kier molecular flexibility index (Phi) is 7.74. The number of para-hydroxylation sites is 2. The molecule has 0 heterocycles. The summed E-state index contributed by atoms with van der Waals surface area (Å²) in [5.74, 6) is -0.342. The van der Waals surface area contributed by atoms with E-state index >= 15 is 0 Å². The first-order valence-corrected chi connectivity index (χ1v) is 11.5. The summed E-state index contributed by atoms with van der Waals surface area (Å²) in [5.41, 5.74) is 3.17. The third kappa shape index (κ3) is 5.59. The van der Waals surface area contributed by atoms with Crippen LogP contribution in [0.15, 0.2) is 82.8 Å². The highest BCUT2D eigenvalue weighted by atomic mass is 35.5. The zero-order valence-corrected chi connectivity index (χ0v) is 19.2. The summed E-state index contributed by atoms with van der Waals surface area (Å²) < 4.78 is 32.9. The number of carbonyl (C=O) groups is 1. The zero-order chi connectivity index (χ0) is 23.1. The lowest BCUT2D eigenvalue weighted by molar-refractivity contribution is -0.119. The van der Waals surface area contributed by atoms with E-state index in [1.165, 1.54) is 25.5 Å². The van der Waals surface area contributed by atoms with E-state index < -0.39 is 22.5 Å². The molecule has 10 heteroatoms. The van der Waals surface area contributed by atoms with Gasteiger partial charge >= 0.3 is 0 Å². The van der Waals surface area contributed by atoms with Crippen molar-refractivity contribution >= 4 is 51.0 Å². The number of rotatable bonds is 8. The van der Waals surface area contributed by atoms with Crippen LogP contribution in [0.2, 0.25) is 10.0 Å². The Morgan fingerprint density at radius 2 is 1.72 bits per heavy atom. The molecule has 3 aromatic rings. The van der Waals surface area contributed by atoms with Crippen LogP contribution in [0, 0.1) is 0 Å². The Morgan fingerprint density at radius 3 is 2.41 bits per heavy atom. The number of hydrazone groups is 1. The van der Waals surface area contributed by atoms with Crippen molar-refractivity contribution in [3.8, 4) is 5.75 Å². The van der Waals surface area contributed by atoms with Crippen molar-refractivity contribution in [3.05, 3.63) is 88.4 Å². The maximum atomic E-state index is 13.3. The molecule has 1 amide bonds. The van der Waals surface area contributed by atoms with Gasteiger partial charge in [-0.3, -0.25) is 9.10 Å². The van der Waals surface area contributed by atoms with E-state index in [0.29, 0.717) is 21.4 Å². The minimum absolute atomic E-state index is 0.0398. The van der Waals surface area contributed by atoms with Crippen molar-refractivity contribution in [2.75, 3.05) is 18.0 Å². The number of carbonyl (C=O) groups excluding carboxylic acids is 1. The van der Waals surface area contributed by atoms with Crippen LogP contribution in [0.1, 0.15) is 5.56 Å². The lowest BCUT2D eigenvalue weighted by Crippen LogP contribution is -2.39. The highest BCUT2D eigenvalue weighted by Crippen LogP contribution is 2.32. The van der Waals surface area contributed by atoms with Crippen molar-refractivity contribution in [2.24, 2.45) is 5.10 Å². The first-order valence-electron chi connectivity index (χ1n) is 9.30. The van der Waals surface area contributed by atoms with Crippen LogP contribution >= 0.6 is 23.2 Å². The molecule has 0 saturated carbocycles. The highest BCUT2D eigenvalue weighted by Gasteiger charge is 2.29.